The summed E-state index contributed by atoms with van der Waals surface area (Å²) in [6.45, 7) is 8.10. The molecule has 6 atom stereocenters. The number of amides is 4. The van der Waals surface area contributed by atoms with E-state index in [0.717, 1.165) is 11.1 Å². The highest BCUT2D eigenvalue weighted by molar-refractivity contribution is 6.51. The maximum Gasteiger partial charge on any atom is 0.531 e. The molecule has 2 aromatic carbocycles. The number of nitrogens with zero attached hydrogens (tertiary/aromatic N) is 4. The molecular formula is C51H62B2N8O12. The number of Topliss-reactive ketones (excluding diaryl/α,β-unsaturated/α-hetero) is 2. The van der Waals surface area contributed by atoms with Crippen molar-refractivity contribution in [3.05, 3.63) is 120 Å². The Hall–Kier alpha value is -7.19. The zero-order valence-corrected chi connectivity index (χ0v) is 41.5. The smallest absolute Gasteiger partial charge is 0.507 e. The first kappa shape index (κ1) is 55.1. The topological polar surface area (TPSA) is 273 Å². The highest BCUT2D eigenvalue weighted by Crippen LogP contribution is 2.33. The number of nitrogens with one attached hydrogen (secondary N) is 4. The second-order valence-electron chi connectivity index (χ2n) is 19.1. The lowest BCUT2D eigenvalue weighted by atomic mass is 9.65. The zero-order valence-electron chi connectivity index (χ0n) is 41.5. The summed E-state index contributed by atoms with van der Waals surface area (Å²) in [5, 5.41) is 11.0. The Bertz CT molecular complexity index is 2330. The minimum Gasteiger partial charge on any atom is -0.507 e. The van der Waals surface area contributed by atoms with Gasteiger partial charge in [-0.1, -0.05) is 88.4 Å². The van der Waals surface area contributed by atoms with Gasteiger partial charge in [-0.3, -0.25) is 48.3 Å². The van der Waals surface area contributed by atoms with E-state index >= 15 is 0 Å². The molecule has 2 saturated heterocycles. The molecule has 6 rings (SSSR count). The Balaban J connectivity index is 0.943. The molecule has 384 valence electrons. The van der Waals surface area contributed by atoms with Crippen molar-refractivity contribution in [2.45, 2.75) is 121 Å². The van der Waals surface area contributed by atoms with Gasteiger partial charge in [0, 0.05) is 62.4 Å². The fraction of sp³-hybridized carbons (Fsp3) is 0.451. The van der Waals surface area contributed by atoms with E-state index < -0.39 is 85.7 Å². The van der Waals surface area contributed by atoms with Gasteiger partial charge in [-0.2, -0.15) is 0 Å². The van der Waals surface area contributed by atoms with E-state index in [1.165, 1.54) is 37.2 Å². The van der Waals surface area contributed by atoms with Gasteiger partial charge < -0.3 is 39.9 Å². The summed E-state index contributed by atoms with van der Waals surface area (Å²) >= 11 is 0. The molecule has 4 heterocycles. The van der Waals surface area contributed by atoms with Gasteiger partial charge in [-0.05, 0) is 55.1 Å². The third-order valence-electron chi connectivity index (χ3n) is 12.1. The van der Waals surface area contributed by atoms with E-state index in [0.29, 0.717) is 19.3 Å². The number of ketones is 2. The van der Waals surface area contributed by atoms with Crippen molar-refractivity contribution in [2.75, 3.05) is 13.1 Å². The van der Waals surface area contributed by atoms with Crippen LogP contribution in [0.5, 0.6) is 0 Å². The van der Waals surface area contributed by atoms with Crippen LogP contribution in [0.1, 0.15) is 105 Å². The predicted molar refractivity (Wildman–Crippen MR) is 266 cm³/mol. The lowest BCUT2D eigenvalue weighted by Crippen LogP contribution is -2.44. The molecule has 4 N–H and O–H groups in total. The molecule has 20 nitrogen and oxygen atoms in total. The standard InChI is InChI=1S/C51H62B2N8O12/c1-32(2)22-36(26-42(62)38(24-34-12-7-5-8-13-34)60-48(66)40-30-54-18-20-56-40)52-70-44(50(68)72-52)28-46(64)58-16-11-17-59-47(65)29-45-51(69)73-53(71-45)37(23-33(3)4)27-43(63)39(25-35-14-9-6-10-15-35)61-49(67)41-31-55-19-21-57-41/h5-10,12-15,18-21,30-33,36-39,44-45H,11,16-17,22-29H2,1-4H3,(H,58,64)(H,59,65)(H,60,66)(H,61,67)/t36-,37-,38+,39+,44-,45-/m1/s1. The summed E-state index contributed by atoms with van der Waals surface area (Å²) in [6.07, 6.45) is 6.58. The number of aromatic nitrogens is 4. The molecule has 0 saturated carbocycles. The van der Waals surface area contributed by atoms with Gasteiger partial charge in [0.2, 0.25) is 11.8 Å². The van der Waals surface area contributed by atoms with Crippen LogP contribution in [0.2, 0.25) is 11.6 Å². The number of carbonyl (C=O) groups excluding carboxylic acids is 8. The quantitative estimate of drug-likeness (QED) is 0.0467. The van der Waals surface area contributed by atoms with Crippen LogP contribution in [0, 0.1) is 11.8 Å². The fourth-order valence-corrected chi connectivity index (χ4v) is 8.65. The average Bonchev–Trinajstić information content (AvgIpc) is 3.93. The molecule has 0 radical (unpaired) electrons. The van der Waals surface area contributed by atoms with E-state index in [-0.39, 0.29) is 86.4 Å². The maximum atomic E-state index is 14.0. The van der Waals surface area contributed by atoms with E-state index in [1.54, 1.807) is 0 Å². The van der Waals surface area contributed by atoms with Crippen LogP contribution < -0.4 is 21.3 Å². The Labute approximate surface area is 425 Å². The number of rotatable bonds is 28. The van der Waals surface area contributed by atoms with E-state index in [2.05, 4.69) is 41.2 Å². The fourth-order valence-electron chi connectivity index (χ4n) is 8.65. The van der Waals surface area contributed by atoms with Gasteiger partial charge in [0.15, 0.2) is 11.6 Å². The molecule has 0 aliphatic carbocycles. The minimum atomic E-state index is -1.22. The molecule has 0 spiro atoms. The van der Waals surface area contributed by atoms with Crippen molar-refractivity contribution < 1.29 is 57.0 Å². The van der Waals surface area contributed by atoms with Crippen LogP contribution in [0.4, 0.5) is 0 Å². The van der Waals surface area contributed by atoms with Crippen molar-refractivity contribution in [3.8, 4) is 0 Å². The van der Waals surface area contributed by atoms with Crippen LogP contribution in [0.25, 0.3) is 0 Å². The molecule has 22 heteroatoms. The second kappa shape index (κ2) is 27.6. The van der Waals surface area contributed by atoms with Crippen LogP contribution in [-0.4, -0.2) is 119 Å². The van der Waals surface area contributed by atoms with Crippen LogP contribution in [0.15, 0.2) is 97.8 Å². The minimum absolute atomic E-state index is 0.0535. The Kier molecular flexibility index (Phi) is 20.8. The van der Waals surface area contributed by atoms with Crippen LogP contribution in [0.3, 0.4) is 0 Å². The average molecular weight is 1000 g/mol. The lowest BCUT2D eigenvalue weighted by Gasteiger charge is -2.23. The highest BCUT2D eigenvalue weighted by atomic mass is 16.7. The molecular weight excluding hydrogens is 938 g/mol. The summed E-state index contributed by atoms with van der Waals surface area (Å²) in [7, 11) is -2.21. The summed E-state index contributed by atoms with van der Waals surface area (Å²) in [5.74, 6) is -5.19. The molecule has 0 unspecified atom stereocenters. The zero-order chi connectivity index (χ0) is 52.3. The number of hydrogen-bond acceptors (Lipinski definition) is 16. The second-order valence-corrected chi connectivity index (χ2v) is 19.1. The van der Waals surface area contributed by atoms with Gasteiger partial charge in [-0.25, -0.2) is 9.97 Å². The molecule has 73 heavy (non-hydrogen) atoms. The number of carbonyl (C=O) groups is 8. The number of benzene rings is 2. The Morgan fingerprint density at radius 2 is 0.973 bits per heavy atom. The van der Waals surface area contributed by atoms with Gasteiger partial charge in [0.05, 0.1) is 37.3 Å². The molecule has 2 aromatic heterocycles. The van der Waals surface area contributed by atoms with Crippen LogP contribution in [-0.2, 0) is 60.2 Å². The van der Waals surface area contributed by atoms with Crippen molar-refractivity contribution in [1.29, 1.82) is 0 Å². The highest BCUT2D eigenvalue weighted by Gasteiger charge is 2.48. The van der Waals surface area contributed by atoms with E-state index in [4.69, 9.17) is 18.6 Å². The molecule has 4 amide bonds. The molecule has 2 aliphatic heterocycles. The normalized spacial score (nSPS) is 17.0. The lowest BCUT2D eigenvalue weighted by molar-refractivity contribution is -0.139. The molecule has 2 aliphatic rings. The summed E-state index contributed by atoms with van der Waals surface area (Å²) in [5.41, 5.74) is 1.76. The first-order chi connectivity index (χ1) is 35.1. The molecule has 2 fully saturated rings. The SMILES string of the molecule is CC(C)C[C@H](CC(=O)[C@H](Cc1ccccc1)NC(=O)c1cnccn1)B1OC(=O)[C@@H](CC(=O)NCCCNC(=O)C[C@H]2OB([C@@H](CC(=O)[C@H](Cc3ccccc3)NC(=O)c3cnccn3)CC(C)C)OC2=O)O1. The first-order valence-corrected chi connectivity index (χ1v) is 24.6. The van der Waals surface area contributed by atoms with Gasteiger partial charge >= 0.3 is 26.2 Å². The van der Waals surface area contributed by atoms with Gasteiger partial charge in [0.1, 0.15) is 23.6 Å². The summed E-state index contributed by atoms with van der Waals surface area (Å²) in [4.78, 5) is 122. The van der Waals surface area contributed by atoms with Crippen molar-refractivity contribution in [3.63, 3.8) is 0 Å². The van der Waals surface area contributed by atoms with Gasteiger partial charge in [-0.15, -0.1) is 0 Å². The van der Waals surface area contributed by atoms with E-state index in [1.807, 2.05) is 88.4 Å². The third kappa shape index (κ3) is 17.5. The largest absolute Gasteiger partial charge is 0.531 e. The molecule has 0 bridgehead atoms. The molecule has 4 aromatic rings. The predicted octanol–water partition coefficient (Wildman–Crippen LogP) is 3.66. The third-order valence-corrected chi connectivity index (χ3v) is 12.1. The summed E-state index contributed by atoms with van der Waals surface area (Å²) < 4.78 is 23.2. The van der Waals surface area contributed by atoms with Gasteiger partial charge in [0.25, 0.3) is 11.8 Å². The Morgan fingerprint density at radius 1 is 0.575 bits per heavy atom. The summed E-state index contributed by atoms with van der Waals surface area (Å²) in [6, 6.07) is 16.6. The van der Waals surface area contributed by atoms with E-state index in [9.17, 15) is 38.4 Å². The Morgan fingerprint density at radius 3 is 1.33 bits per heavy atom. The van der Waals surface area contributed by atoms with Crippen molar-refractivity contribution >= 4 is 61.4 Å². The van der Waals surface area contributed by atoms with Crippen LogP contribution >= 0.6 is 0 Å². The van der Waals surface area contributed by atoms with Crippen molar-refractivity contribution in [2.24, 2.45) is 11.8 Å². The maximum absolute atomic E-state index is 14.0. The first-order valence-electron chi connectivity index (χ1n) is 24.6. The van der Waals surface area contributed by atoms with Crippen molar-refractivity contribution in [1.82, 2.24) is 41.2 Å². The monoisotopic (exact) mass is 1000 g/mol. The number of hydrogen-bond donors (Lipinski definition) is 4.